The van der Waals surface area contributed by atoms with Crippen LogP contribution >= 0.6 is 0 Å². The number of carbonyl (C=O) groups excluding carboxylic acids is 1. The van der Waals surface area contributed by atoms with Crippen molar-refractivity contribution in [1.82, 2.24) is 4.90 Å². The van der Waals surface area contributed by atoms with Crippen LogP contribution in [0.25, 0.3) is 0 Å². The molecule has 1 aromatic carbocycles. The second kappa shape index (κ2) is 5.37. The van der Waals surface area contributed by atoms with E-state index in [1.54, 1.807) is 20.8 Å². The van der Waals surface area contributed by atoms with Crippen molar-refractivity contribution < 1.29 is 27.8 Å². The van der Waals surface area contributed by atoms with E-state index in [9.17, 15) is 23.1 Å². The molecule has 1 aliphatic heterocycles. The molecule has 1 heterocycles. The predicted molar refractivity (Wildman–Crippen MR) is 73.7 cm³/mol. The highest BCUT2D eigenvalue weighted by molar-refractivity contribution is 5.69. The van der Waals surface area contributed by atoms with Crippen LogP contribution in [0.1, 0.15) is 37.8 Å². The molecule has 1 aliphatic rings. The van der Waals surface area contributed by atoms with Gasteiger partial charge in [0.25, 0.3) is 0 Å². The van der Waals surface area contributed by atoms with Crippen LogP contribution in [-0.2, 0) is 10.9 Å². The number of benzene rings is 1. The van der Waals surface area contributed by atoms with Gasteiger partial charge in [-0.15, -0.1) is 0 Å². The molecule has 1 aromatic rings. The summed E-state index contributed by atoms with van der Waals surface area (Å²) in [4.78, 5) is 13.2. The van der Waals surface area contributed by atoms with Crippen LogP contribution in [0.15, 0.2) is 18.2 Å². The molecule has 1 amide bonds. The number of ether oxygens (including phenoxy) is 1. The summed E-state index contributed by atoms with van der Waals surface area (Å²) < 4.78 is 43.5. The van der Waals surface area contributed by atoms with E-state index < -0.39 is 29.2 Å². The van der Waals surface area contributed by atoms with Gasteiger partial charge in [-0.1, -0.05) is 6.07 Å². The molecule has 2 rings (SSSR count). The summed E-state index contributed by atoms with van der Waals surface area (Å²) in [6.07, 6.45) is -5.08. The number of phenolic OH excluding ortho intramolecular Hbond substituents is 1. The second-order valence-corrected chi connectivity index (χ2v) is 6.36. The molecule has 1 saturated heterocycles. The van der Waals surface area contributed by atoms with Crippen LogP contribution in [0.3, 0.4) is 0 Å². The average Bonchev–Trinajstić information content (AvgIpc) is 2.25. The average molecular weight is 317 g/mol. The largest absolute Gasteiger partial charge is 0.507 e. The quantitative estimate of drug-likeness (QED) is 0.858. The van der Waals surface area contributed by atoms with Crippen LogP contribution in [0.5, 0.6) is 5.75 Å². The van der Waals surface area contributed by atoms with E-state index in [0.717, 1.165) is 12.1 Å². The number of hydrogen-bond acceptors (Lipinski definition) is 3. The lowest BCUT2D eigenvalue weighted by atomic mass is 9.90. The molecular weight excluding hydrogens is 299 g/mol. The Morgan fingerprint density at radius 1 is 1.27 bits per heavy atom. The normalized spacial score (nSPS) is 16.4. The standard InChI is InChI=1S/C15H18F3NO3/c1-14(2,3)22-13(21)19-7-10(8-19)9-4-5-12(20)11(6-9)15(16,17)18/h4-6,10,20H,7-8H2,1-3H3. The second-order valence-electron chi connectivity index (χ2n) is 6.36. The van der Waals surface area contributed by atoms with Crippen molar-refractivity contribution in [2.75, 3.05) is 13.1 Å². The van der Waals surface area contributed by atoms with Gasteiger partial charge in [0, 0.05) is 19.0 Å². The van der Waals surface area contributed by atoms with Gasteiger partial charge >= 0.3 is 12.3 Å². The maximum absolute atomic E-state index is 12.8. The SMILES string of the molecule is CC(C)(C)OC(=O)N1CC(c2ccc(O)c(C(F)(F)F)c2)C1. The summed E-state index contributed by atoms with van der Waals surface area (Å²) in [6.45, 7) is 5.85. The van der Waals surface area contributed by atoms with Crippen LogP contribution in [0, 0.1) is 0 Å². The third kappa shape index (κ3) is 3.64. The monoisotopic (exact) mass is 317 g/mol. The summed E-state index contributed by atoms with van der Waals surface area (Å²) in [5.74, 6) is -0.978. The maximum Gasteiger partial charge on any atom is 0.419 e. The first-order chi connectivity index (χ1) is 9.97. The van der Waals surface area contributed by atoms with Gasteiger partial charge in [-0.25, -0.2) is 4.79 Å². The van der Waals surface area contributed by atoms with E-state index in [-0.39, 0.29) is 5.92 Å². The van der Waals surface area contributed by atoms with Gasteiger partial charge in [0.1, 0.15) is 11.4 Å². The number of carbonyl (C=O) groups is 1. The van der Waals surface area contributed by atoms with Gasteiger partial charge in [-0.05, 0) is 38.5 Å². The van der Waals surface area contributed by atoms with Crippen LogP contribution in [0.2, 0.25) is 0 Å². The van der Waals surface area contributed by atoms with E-state index in [1.807, 2.05) is 0 Å². The molecule has 0 unspecified atom stereocenters. The van der Waals surface area contributed by atoms with Crippen molar-refractivity contribution in [1.29, 1.82) is 0 Å². The van der Waals surface area contributed by atoms with Gasteiger partial charge in [-0.2, -0.15) is 13.2 Å². The number of aromatic hydroxyl groups is 1. The Morgan fingerprint density at radius 2 is 1.86 bits per heavy atom. The van der Waals surface area contributed by atoms with Crippen molar-refractivity contribution >= 4 is 6.09 Å². The Balaban J connectivity index is 2.04. The number of halogens is 3. The molecule has 22 heavy (non-hydrogen) atoms. The third-order valence-electron chi connectivity index (χ3n) is 3.33. The summed E-state index contributed by atoms with van der Waals surface area (Å²) in [7, 11) is 0. The highest BCUT2D eigenvalue weighted by atomic mass is 19.4. The zero-order valence-corrected chi connectivity index (χ0v) is 12.6. The number of hydrogen-bond donors (Lipinski definition) is 1. The Labute approximate surface area is 126 Å². The first-order valence-corrected chi connectivity index (χ1v) is 6.85. The molecule has 122 valence electrons. The molecule has 4 nitrogen and oxygen atoms in total. The first kappa shape index (κ1) is 16.5. The fraction of sp³-hybridized carbons (Fsp3) is 0.533. The fourth-order valence-corrected chi connectivity index (χ4v) is 2.20. The number of nitrogens with zero attached hydrogens (tertiary/aromatic N) is 1. The van der Waals surface area contributed by atoms with E-state index in [1.165, 1.54) is 11.0 Å². The minimum atomic E-state index is -4.60. The van der Waals surface area contributed by atoms with Crippen molar-refractivity contribution in [2.45, 2.75) is 38.5 Å². The van der Waals surface area contributed by atoms with Gasteiger partial charge in [-0.3, -0.25) is 0 Å². The molecule has 0 aliphatic carbocycles. The Morgan fingerprint density at radius 3 is 2.36 bits per heavy atom. The molecule has 7 heteroatoms. The van der Waals surface area contributed by atoms with Crippen molar-refractivity contribution in [3.63, 3.8) is 0 Å². The molecule has 1 N–H and O–H groups in total. The molecule has 0 bridgehead atoms. The number of likely N-dealkylation sites (tertiary alicyclic amines) is 1. The van der Waals surface area contributed by atoms with Crippen LogP contribution < -0.4 is 0 Å². The zero-order chi connectivity index (χ0) is 16.7. The molecule has 0 radical (unpaired) electrons. The molecule has 0 atom stereocenters. The van der Waals surface area contributed by atoms with E-state index >= 15 is 0 Å². The fourth-order valence-electron chi connectivity index (χ4n) is 2.20. The lowest BCUT2D eigenvalue weighted by Gasteiger charge is -2.40. The third-order valence-corrected chi connectivity index (χ3v) is 3.33. The van der Waals surface area contributed by atoms with E-state index in [2.05, 4.69) is 0 Å². The lowest BCUT2D eigenvalue weighted by Crippen LogP contribution is -2.50. The van der Waals surface area contributed by atoms with Gasteiger partial charge in [0.2, 0.25) is 0 Å². The lowest BCUT2D eigenvalue weighted by molar-refractivity contribution is -0.138. The summed E-state index contributed by atoms with van der Waals surface area (Å²) >= 11 is 0. The Hall–Kier alpha value is -1.92. The van der Waals surface area contributed by atoms with Gasteiger partial charge in [0.05, 0.1) is 5.56 Å². The van der Waals surface area contributed by atoms with Crippen molar-refractivity contribution in [2.24, 2.45) is 0 Å². The molecular formula is C15H18F3NO3. The maximum atomic E-state index is 12.8. The predicted octanol–water partition coefficient (Wildman–Crippen LogP) is 3.75. The summed E-state index contributed by atoms with van der Waals surface area (Å²) in [5.41, 5.74) is -1.21. The van der Waals surface area contributed by atoms with Gasteiger partial charge < -0.3 is 14.7 Å². The minimum Gasteiger partial charge on any atom is -0.507 e. The molecule has 0 aromatic heterocycles. The molecule has 0 saturated carbocycles. The number of rotatable bonds is 1. The summed E-state index contributed by atoms with van der Waals surface area (Å²) in [5, 5.41) is 9.31. The van der Waals surface area contributed by atoms with E-state index in [0.29, 0.717) is 18.7 Å². The van der Waals surface area contributed by atoms with Crippen molar-refractivity contribution in [3.05, 3.63) is 29.3 Å². The number of alkyl halides is 3. The Kier molecular flexibility index (Phi) is 4.02. The topological polar surface area (TPSA) is 49.8 Å². The minimum absolute atomic E-state index is 0.186. The van der Waals surface area contributed by atoms with E-state index in [4.69, 9.17) is 4.74 Å². The van der Waals surface area contributed by atoms with Crippen LogP contribution in [0.4, 0.5) is 18.0 Å². The van der Waals surface area contributed by atoms with Crippen molar-refractivity contribution in [3.8, 4) is 5.75 Å². The number of amides is 1. The highest BCUT2D eigenvalue weighted by Gasteiger charge is 2.38. The number of phenols is 1. The highest BCUT2D eigenvalue weighted by Crippen LogP contribution is 2.38. The first-order valence-electron chi connectivity index (χ1n) is 6.85. The smallest absolute Gasteiger partial charge is 0.419 e. The molecule has 1 fully saturated rings. The van der Waals surface area contributed by atoms with Crippen LogP contribution in [-0.4, -0.2) is 34.8 Å². The zero-order valence-electron chi connectivity index (χ0n) is 12.6. The molecule has 0 spiro atoms. The Bertz CT molecular complexity index is 572. The summed E-state index contributed by atoms with van der Waals surface area (Å²) in [6, 6.07) is 3.42. The van der Waals surface area contributed by atoms with Gasteiger partial charge in [0.15, 0.2) is 0 Å².